The average Bonchev–Trinajstić information content (AvgIpc) is 3.22. The second-order valence-corrected chi connectivity index (χ2v) is 9.71. The molecule has 0 amide bonds. The molecule has 0 atom stereocenters. The number of rotatable bonds is 3. The number of hydrogen-bond acceptors (Lipinski definition) is 1. The fourth-order valence-corrected chi connectivity index (χ4v) is 5.10. The molecule has 0 saturated heterocycles. The fourth-order valence-electron chi connectivity index (χ4n) is 5.10. The molecule has 0 N–H and O–H groups in total. The first kappa shape index (κ1) is 21.5. The second kappa shape index (κ2) is 8.06. The SMILES string of the molecule is Cc1ccc2c(oc3c(-c4ccc5ccccc5c4)c(F)ccc32)c1-c1cc(C(C)C)cc[n+]1C. The Morgan fingerprint density at radius 2 is 1.49 bits per heavy atom. The number of fused-ring (bicyclic) bond motifs is 4. The maximum Gasteiger partial charge on any atom is 0.216 e. The molecule has 6 aromatic rings. The van der Waals surface area contributed by atoms with Crippen LogP contribution < -0.4 is 4.57 Å². The van der Waals surface area contributed by atoms with Crippen molar-refractivity contribution in [2.75, 3.05) is 0 Å². The Morgan fingerprint density at radius 1 is 0.771 bits per heavy atom. The van der Waals surface area contributed by atoms with Crippen LogP contribution in [0.15, 0.2) is 89.5 Å². The quantitative estimate of drug-likeness (QED) is 0.242. The van der Waals surface area contributed by atoms with E-state index < -0.39 is 0 Å². The van der Waals surface area contributed by atoms with Crippen molar-refractivity contribution in [3.8, 4) is 22.4 Å². The van der Waals surface area contributed by atoms with Crippen LogP contribution in [0, 0.1) is 12.7 Å². The van der Waals surface area contributed by atoms with Crippen LogP contribution in [0.4, 0.5) is 4.39 Å². The molecular formula is C32H27FNO+. The van der Waals surface area contributed by atoms with Gasteiger partial charge >= 0.3 is 0 Å². The summed E-state index contributed by atoms with van der Waals surface area (Å²) in [5.74, 6) is 0.135. The van der Waals surface area contributed by atoms with E-state index in [0.29, 0.717) is 17.1 Å². The average molecular weight is 461 g/mol. The Kier molecular flexibility index (Phi) is 4.96. The van der Waals surface area contributed by atoms with Gasteiger partial charge in [-0.3, -0.25) is 0 Å². The molecule has 0 radical (unpaired) electrons. The topological polar surface area (TPSA) is 17.0 Å². The van der Waals surface area contributed by atoms with Gasteiger partial charge in [-0.15, -0.1) is 0 Å². The number of furan rings is 1. The maximum absolute atomic E-state index is 15.4. The van der Waals surface area contributed by atoms with Gasteiger partial charge in [0.2, 0.25) is 5.69 Å². The van der Waals surface area contributed by atoms with Gasteiger partial charge in [-0.1, -0.05) is 62.4 Å². The minimum absolute atomic E-state index is 0.280. The highest BCUT2D eigenvalue weighted by molar-refractivity contribution is 6.13. The Bertz CT molecular complexity index is 1760. The van der Waals surface area contributed by atoms with Crippen LogP contribution in [-0.4, -0.2) is 0 Å². The Hall–Kier alpha value is -3.98. The molecule has 0 spiro atoms. The number of nitrogens with zero attached hydrogens (tertiary/aromatic N) is 1. The Morgan fingerprint density at radius 3 is 2.26 bits per heavy atom. The van der Waals surface area contributed by atoms with E-state index in [1.165, 1.54) is 5.56 Å². The lowest BCUT2D eigenvalue weighted by atomic mass is 9.96. The molecule has 0 unspecified atom stereocenters. The van der Waals surface area contributed by atoms with E-state index in [0.717, 1.165) is 49.5 Å². The van der Waals surface area contributed by atoms with Crippen molar-refractivity contribution in [3.05, 3.63) is 102 Å². The molecule has 0 aliphatic carbocycles. The summed E-state index contributed by atoms with van der Waals surface area (Å²) in [6.07, 6.45) is 2.10. The van der Waals surface area contributed by atoms with Gasteiger partial charge in [0.25, 0.3) is 0 Å². The molecule has 0 aliphatic heterocycles. The van der Waals surface area contributed by atoms with Gasteiger partial charge < -0.3 is 4.42 Å². The standard InChI is InChI=1S/C32H27FNO/c1-19(2)22-15-16-34(4)28(18-22)29-20(3)9-12-25-26-13-14-27(33)30(32(26)35-31(25)29)24-11-10-21-7-5-6-8-23(21)17-24/h5-19H,1-4H3/q+1. The second-order valence-electron chi connectivity index (χ2n) is 9.71. The van der Waals surface area contributed by atoms with Crippen molar-refractivity contribution in [2.24, 2.45) is 7.05 Å². The van der Waals surface area contributed by atoms with Crippen LogP contribution in [0.3, 0.4) is 0 Å². The summed E-state index contributed by atoms with van der Waals surface area (Å²) in [5.41, 5.74) is 7.24. The lowest BCUT2D eigenvalue weighted by Crippen LogP contribution is -2.31. The molecule has 172 valence electrons. The summed E-state index contributed by atoms with van der Waals surface area (Å²) in [6.45, 7) is 6.51. The van der Waals surface area contributed by atoms with Crippen LogP contribution in [0.25, 0.3) is 55.1 Å². The molecule has 4 aromatic carbocycles. The number of benzene rings is 4. The lowest BCUT2D eigenvalue weighted by Gasteiger charge is -2.09. The third kappa shape index (κ3) is 3.42. The smallest absolute Gasteiger partial charge is 0.216 e. The van der Waals surface area contributed by atoms with E-state index in [1.54, 1.807) is 6.07 Å². The highest BCUT2D eigenvalue weighted by Crippen LogP contribution is 2.42. The molecule has 0 bridgehead atoms. The molecule has 3 heteroatoms. The first-order valence-electron chi connectivity index (χ1n) is 12.1. The highest BCUT2D eigenvalue weighted by Gasteiger charge is 2.24. The van der Waals surface area contributed by atoms with Crippen molar-refractivity contribution >= 4 is 32.7 Å². The summed E-state index contributed by atoms with van der Waals surface area (Å²) in [5, 5.41) is 4.13. The Balaban J connectivity index is 1.67. The van der Waals surface area contributed by atoms with E-state index in [2.05, 4.69) is 75.0 Å². The first-order valence-corrected chi connectivity index (χ1v) is 12.1. The zero-order valence-electron chi connectivity index (χ0n) is 20.4. The molecule has 6 rings (SSSR count). The van der Waals surface area contributed by atoms with Gasteiger partial charge in [-0.05, 0) is 58.5 Å². The first-order chi connectivity index (χ1) is 16.9. The molecule has 35 heavy (non-hydrogen) atoms. The van der Waals surface area contributed by atoms with E-state index in [9.17, 15) is 0 Å². The maximum atomic E-state index is 15.4. The summed E-state index contributed by atoms with van der Waals surface area (Å²) in [7, 11) is 2.06. The van der Waals surface area contributed by atoms with Crippen LogP contribution in [0.1, 0.15) is 30.9 Å². The number of hydrogen-bond donors (Lipinski definition) is 0. The van der Waals surface area contributed by atoms with Gasteiger partial charge in [0.15, 0.2) is 6.20 Å². The number of aromatic nitrogens is 1. The van der Waals surface area contributed by atoms with Gasteiger partial charge in [0.05, 0.1) is 11.1 Å². The van der Waals surface area contributed by atoms with Crippen molar-refractivity contribution in [1.29, 1.82) is 0 Å². The van der Waals surface area contributed by atoms with Gasteiger partial charge in [0.1, 0.15) is 24.0 Å². The predicted molar refractivity (Wildman–Crippen MR) is 142 cm³/mol. The van der Waals surface area contributed by atoms with Gasteiger partial charge in [0, 0.05) is 22.9 Å². The largest absolute Gasteiger partial charge is 0.454 e. The molecule has 2 nitrogen and oxygen atoms in total. The number of pyridine rings is 1. The molecule has 0 fully saturated rings. The minimum atomic E-state index is -0.280. The van der Waals surface area contributed by atoms with Crippen LogP contribution in [-0.2, 0) is 7.05 Å². The monoisotopic (exact) mass is 460 g/mol. The van der Waals surface area contributed by atoms with Crippen molar-refractivity contribution in [1.82, 2.24) is 0 Å². The summed E-state index contributed by atoms with van der Waals surface area (Å²) < 4.78 is 24.1. The molecule has 2 heterocycles. The normalized spacial score (nSPS) is 11.8. The van der Waals surface area contributed by atoms with Crippen molar-refractivity contribution in [2.45, 2.75) is 26.7 Å². The fraction of sp³-hybridized carbons (Fsp3) is 0.156. The highest BCUT2D eigenvalue weighted by atomic mass is 19.1. The molecule has 2 aromatic heterocycles. The number of aryl methyl sites for hydroxylation is 2. The lowest BCUT2D eigenvalue weighted by molar-refractivity contribution is -0.660. The van der Waals surface area contributed by atoms with E-state index in [4.69, 9.17) is 4.42 Å². The molecule has 0 saturated carbocycles. The Labute approximate surface area is 204 Å². The van der Waals surface area contributed by atoms with E-state index in [1.807, 2.05) is 36.4 Å². The van der Waals surface area contributed by atoms with Crippen LogP contribution in [0.5, 0.6) is 0 Å². The van der Waals surface area contributed by atoms with Crippen molar-refractivity contribution < 1.29 is 13.4 Å². The summed E-state index contributed by atoms with van der Waals surface area (Å²) in [6, 6.07) is 26.2. The molecular weight excluding hydrogens is 433 g/mol. The van der Waals surface area contributed by atoms with E-state index in [-0.39, 0.29) is 5.82 Å². The van der Waals surface area contributed by atoms with Crippen molar-refractivity contribution in [3.63, 3.8) is 0 Å². The van der Waals surface area contributed by atoms with Crippen LogP contribution >= 0.6 is 0 Å². The minimum Gasteiger partial charge on any atom is -0.454 e. The van der Waals surface area contributed by atoms with E-state index >= 15 is 4.39 Å². The van der Waals surface area contributed by atoms with Gasteiger partial charge in [-0.2, -0.15) is 0 Å². The van der Waals surface area contributed by atoms with Crippen LogP contribution in [0.2, 0.25) is 0 Å². The third-order valence-electron chi connectivity index (χ3n) is 7.10. The number of halogens is 1. The van der Waals surface area contributed by atoms with Gasteiger partial charge in [-0.25, -0.2) is 8.96 Å². The third-order valence-corrected chi connectivity index (χ3v) is 7.10. The summed E-state index contributed by atoms with van der Waals surface area (Å²) in [4.78, 5) is 0. The summed E-state index contributed by atoms with van der Waals surface area (Å²) >= 11 is 0. The predicted octanol–water partition coefficient (Wildman–Crippen LogP) is 8.47. The zero-order valence-corrected chi connectivity index (χ0v) is 20.4. The molecule has 0 aliphatic rings. The zero-order chi connectivity index (χ0) is 24.3.